The first-order chi connectivity index (χ1) is 16.7. The van der Waals surface area contributed by atoms with Gasteiger partial charge in [-0.15, -0.1) is 11.3 Å². The first kappa shape index (κ1) is 22.5. The van der Waals surface area contributed by atoms with Gasteiger partial charge in [-0.05, 0) is 35.7 Å². The predicted octanol–water partition coefficient (Wildman–Crippen LogP) is 5.19. The molecule has 1 aliphatic heterocycles. The van der Waals surface area contributed by atoms with Gasteiger partial charge in [0.05, 0.1) is 44.0 Å². The number of nitrogens with zero attached hydrogens (tertiary/aromatic N) is 1. The molecule has 0 saturated carbocycles. The lowest BCUT2D eigenvalue weighted by molar-refractivity contribution is 0.0202. The van der Waals surface area contributed by atoms with Crippen molar-refractivity contribution in [2.75, 3.05) is 45.8 Å². The fourth-order valence-corrected chi connectivity index (χ4v) is 4.97. The normalized spacial score (nSPS) is 15.2. The Labute approximate surface area is 201 Å². The Kier molecular flexibility index (Phi) is 6.53. The van der Waals surface area contributed by atoms with Crippen LogP contribution in [0.1, 0.15) is 27.0 Å². The molecular formula is C26H26N2O5S. The topological polar surface area (TPSA) is 73.2 Å². The van der Waals surface area contributed by atoms with Gasteiger partial charge in [0.2, 0.25) is 0 Å². The quantitative estimate of drug-likeness (QED) is 0.394. The standard InChI is InChI=1S/C26H26N2O5S/c1-30-17-9-10-19(21(16-17)31-2)24(28-11-13-32-14-12-28)25-23(18-6-3-4-7-20(18)33-25)27-26(29)22-8-5-15-34-22/h3-10,15-16,24H,11-14H2,1-2H3,(H,27,29)/t24-/m0/s1. The predicted molar refractivity (Wildman–Crippen MR) is 132 cm³/mol. The Balaban J connectivity index is 1.68. The number of para-hydroxylation sites is 1. The molecule has 1 saturated heterocycles. The second kappa shape index (κ2) is 9.89. The number of furan rings is 1. The van der Waals surface area contributed by atoms with E-state index in [4.69, 9.17) is 18.6 Å². The van der Waals surface area contributed by atoms with Crippen LogP contribution in [0.5, 0.6) is 11.5 Å². The molecular weight excluding hydrogens is 452 g/mol. The summed E-state index contributed by atoms with van der Waals surface area (Å²) in [4.78, 5) is 16.0. The number of benzene rings is 2. The number of anilines is 1. The zero-order chi connectivity index (χ0) is 23.5. The number of morpholine rings is 1. The van der Waals surface area contributed by atoms with Gasteiger partial charge in [0, 0.05) is 30.1 Å². The van der Waals surface area contributed by atoms with Gasteiger partial charge in [0.15, 0.2) is 5.76 Å². The number of rotatable bonds is 7. The number of fused-ring (bicyclic) bond motifs is 1. The molecule has 7 nitrogen and oxygen atoms in total. The summed E-state index contributed by atoms with van der Waals surface area (Å²) in [5.41, 5.74) is 2.31. The average Bonchev–Trinajstić information content (AvgIpc) is 3.54. The molecule has 2 aromatic heterocycles. The maximum atomic E-state index is 13.1. The number of hydrogen-bond acceptors (Lipinski definition) is 7. The number of carbonyl (C=O) groups excluding carboxylic acids is 1. The first-order valence-corrected chi connectivity index (χ1v) is 12.0. The van der Waals surface area contributed by atoms with E-state index in [2.05, 4.69) is 10.2 Å². The lowest BCUT2D eigenvalue weighted by atomic mass is 9.99. The van der Waals surface area contributed by atoms with Crippen molar-refractivity contribution in [1.29, 1.82) is 0 Å². The Bertz CT molecular complexity index is 1280. The minimum Gasteiger partial charge on any atom is -0.497 e. The highest BCUT2D eigenvalue weighted by molar-refractivity contribution is 7.12. The van der Waals surface area contributed by atoms with Crippen LogP contribution in [0.25, 0.3) is 11.0 Å². The minimum absolute atomic E-state index is 0.162. The molecule has 0 bridgehead atoms. The zero-order valence-electron chi connectivity index (χ0n) is 19.1. The first-order valence-electron chi connectivity index (χ1n) is 11.1. The molecule has 1 aliphatic rings. The number of nitrogens with one attached hydrogen (secondary N) is 1. The van der Waals surface area contributed by atoms with Crippen LogP contribution in [-0.4, -0.2) is 51.3 Å². The molecule has 176 valence electrons. The van der Waals surface area contributed by atoms with Gasteiger partial charge in [0.25, 0.3) is 5.91 Å². The molecule has 34 heavy (non-hydrogen) atoms. The molecule has 0 unspecified atom stereocenters. The van der Waals surface area contributed by atoms with Gasteiger partial charge in [-0.2, -0.15) is 0 Å². The third-order valence-corrected chi connectivity index (χ3v) is 6.87. The molecule has 1 fully saturated rings. The summed E-state index contributed by atoms with van der Waals surface area (Å²) >= 11 is 1.40. The molecule has 0 spiro atoms. The molecule has 3 heterocycles. The zero-order valence-corrected chi connectivity index (χ0v) is 19.9. The van der Waals surface area contributed by atoms with E-state index in [0.29, 0.717) is 46.6 Å². The van der Waals surface area contributed by atoms with Gasteiger partial charge in [-0.1, -0.05) is 18.2 Å². The van der Waals surface area contributed by atoms with Crippen molar-refractivity contribution < 1.29 is 23.4 Å². The summed E-state index contributed by atoms with van der Waals surface area (Å²) in [7, 11) is 3.28. The molecule has 8 heteroatoms. The summed E-state index contributed by atoms with van der Waals surface area (Å²) in [5, 5.41) is 5.89. The van der Waals surface area contributed by atoms with E-state index < -0.39 is 0 Å². The van der Waals surface area contributed by atoms with Crippen molar-refractivity contribution in [2.24, 2.45) is 0 Å². The number of thiophene rings is 1. The number of hydrogen-bond donors (Lipinski definition) is 1. The van der Waals surface area contributed by atoms with E-state index in [1.54, 1.807) is 14.2 Å². The lowest BCUT2D eigenvalue weighted by Crippen LogP contribution is -2.39. The van der Waals surface area contributed by atoms with Gasteiger partial charge in [-0.25, -0.2) is 0 Å². The summed E-state index contributed by atoms with van der Waals surface area (Å²) in [6.07, 6.45) is 0. The third-order valence-electron chi connectivity index (χ3n) is 6.00. The Morgan fingerprint density at radius 3 is 2.62 bits per heavy atom. The second-order valence-corrected chi connectivity index (χ2v) is 8.88. The highest BCUT2D eigenvalue weighted by atomic mass is 32.1. The fourth-order valence-electron chi connectivity index (χ4n) is 4.35. The fraction of sp³-hybridized carbons (Fsp3) is 0.269. The van der Waals surface area contributed by atoms with Crippen molar-refractivity contribution in [3.8, 4) is 11.5 Å². The number of carbonyl (C=O) groups is 1. The lowest BCUT2D eigenvalue weighted by Gasteiger charge is -2.34. The molecule has 4 aromatic rings. The molecule has 1 atom stereocenters. The van der Waals surface area contributed by atoms with Crippen LogP contribution in [0.2, 0.25) is 0 Å². The highest BCUT2D eigenvalue weighted by Crippen LogP contribution is 2.44. The number of methoxy groups -OCH3 is 2. The number of amides is 1. The minimum atomic E-state index is -0.296. The van der Waals surface area contributed by atoms with Crippen LogP contribution in [0.3, 0.4) is 0 Å². The van der Waals surface area contributed by atoms with Crippen LogP contribution < -0.4 is 14.8 Å². The van der Waals surface area contributed by atoms with Crippen LogP contribution in [-0.2, 0) is 4.74 Å². The average molecular weight is 479 g/mol. The van der Waals surface area contributed by atoms with Crippen molar-refractivity contribution in [2.45, 2.75) is 6.04 Å². The molecule has 1 N–H and O–H groups in total. The van der Waals surface area contributed by atoms with E-state index in [9.17, 15) is 4.79 Å². The van der Waals surface area contributed by atoms with Crippen molar-refractivity contribution in [1.82, 2.24) is 4.90 Å². The highest BCUT2D eigenvalue weighted by Gasteiger charge is 2.33. The van der Waals surface area contributed by atoms with Gasteiger partial charge in [-0.3, -0.25) is 9.69 Å². The van der Waals surface area contributed by atoms with Gasteiger partial charge >= 0.3 is 0 Å². The Morgan fingerprint density at radius 1 is 1.06 bits per heavy atom. The summed E-state index contributed by atoms with van der Waals surface area (Å²) in [6, 6.07) is 16.9. The van der Waals surface area contributed by atoms with Gasteiger partial charge < -0.3 is 23.9 Å². The van der Waals surface area contributed by atoms with E-state index in [-0.39, 0.29) is 11.9 Å². The molecule has 5 rings (SSSR count). The molecule has 2 aromatic carbocycles. The van der Waals surface area contributed by atoms with Crippen LogP contribution in [0.4, 0.5) is 5.69 Å². The summed E-state index contributed by atoms with van der Waals surface area (Å²) in [5.74, 6) is 1.89. The maximum Gasteiger partial charge on any atom is 0.265 e. The smallest absolute Gasteiger partial charge is 0.265 e. The SMILES string of the molecule is COc1ccc([C@@H](c2oc3ccccc3c2NC(=O)c2cccs2)N2CCOCC2)c(OC)c1. The van der Waals surface area contributed by atoms with Crippen LogP contribution >= 0.6 is 11.3 Å². The van der Waals surface area contributed by atoms with Crippen molar-refractivity contribution in [3.63, 3.8) is 0 Å². The van der Waals surface area contributed by atoms with E-state index in [1.807, 2.05) is 60.0 Å². The third kappa shape index (κ3) is 4.27. The van der Waals surface area contributed by atoms with E-state index in [0.717, 1.165) is 24.0 Å². The van der Waals surface area contributed by atoms with Gasteiger partial charge in [0.1, 0.15) is 17.1 Å². The van der Waals surface area contributed by atoms with Crippen molar-refractivity contribution in [3.05, 3.63) is 76.2 Å². The second-order valence-electron chi connectivity index (χ2n) is 7.93. The molecule has 0 aliphatic carbocycles. The Morgan fingerprint density at radius 2 is 1.88 bits per heavy atom. The maximum absolute atomic E-state index is 13.1. The van der Waals surface area contributed by atoms with Crippen LogP contribution in [0.15, 0.2) is 64.4 Å². The Hall–Kier alpha value is -3.33. The van der Waals surface area contributed by atoms with Crippen molar-refractivity contribution >= 4 is 33.9 Å². The summed E-state index contributed by atoms with van der Waals surface area (Å²) in [6.45, 7) is 2.67. The van der Waals surface area contributed by atoms with E-state index >= 15 is 0 Å². The van der Waals surface area contributed by atoms with Crippen LogP contribution in [0, 0.1) is 0 Å². The summed E-state index contributed by atoms with van der Waals surface area (Å²) < 4.78 is 23.3. The molecule has 0 radical (unpaired) electrons. The molecule has 1 amide bonds. The number of ether oxygens (including phenoxy) is 3. The largest absolute Gasteiger partial charge is 0.497 e. The monoisotopic (exact) mass is 478 g/mol. The van der Waals surface area contributed by atoms with E-state index in [1.165, 1.54) is 11.3 Å².